The normalized spacial score (nSPS) is 37.9. The number of hydrogen-bond acceptors (Lipinski definition) is 1. The molecular weight excluding hydrogens is 339 g/mol. The number of ketones is 1. The van der Waals surface area contributed by atoms with E-state index in [9.17, 15) is 4.79 Å². The zero-order chi connectivity index (χ0) is 16.7. The highest BCUT2D eigenvalue weighted by atomic mass is 35.5. The second-order valence-electron chi connectivity index (χ2n) is 8.70. The summed E-state index contributed by atoms with van der Waals surface area (Å²) in [6, 6.07) is 0. The zero-order valence-corrected chi connectivity index (χ0v) is 15.9. The van der Waals surface area contributed by atoms with E-state index in [4.69, 9.17) is 23.2 Å². The van der Waals surface area contributed by atoms with Crippen LogP contribution in [0.1, 0.15) is 64.2 Å². The third-order valence-electron chi connectivity index (χ3n) is 7.32. The van der Waals surface area contributed by atoms with Crippen LogP contribution in [-0.2, 0) is 4.79 Å². The van der Waals surface area contributed by atoms with E-state index in [0.29, 0.717) is 11.8 Å². The maximum atomic E-state index is 12.2. The SMILES string of the molecule is O=C(C=C(Cl)C1CC(C2CCC2)C1)C=C(Cl)C1CC(C2CCC2)C1. The minimum absolute atomic E-state index is 0.0239. The van der Waals surface area contributed by atoms with E-state index in [2.05, 4.69) is 0 Å². The molecule has 0 unspecified atom stereocenters. The van der Waals surface area contributed by atoms with Crippen molar-refractivity contribution >= 4 is 29.0 Å². The van der Waals surface area contributed by atoms with Crippen molar-refractivity contribution in [1.29, 1.82) is 0 Å². The van der Waals surface area contributed by atoms with E-state index in [-0.39, 0.29) is 5.78 Å². The molecule has 4 aliphatic carbocycles. The molecule has 4 saturated carbocycles. The first-order valence-electron chi connectivity index (χ1n) is 9.88. The summed E-state index contributed by atoms with van der Waals surface area (Å²) in [4.78, 5) is 12.2. The molecule has 0 aliphatic heterocycles. The number of allylic oxidation sites excluding steroid dienone is 4. The fourth-order valence-corrected chi connectivity index (χ4v) is 5.49. The summed E-state index contributed by atoms with van der Waals surface area (Å²) in [6.45, 7) is 0. The number of carbonyl (C=O) groups excluding carboxylic acids is 1. The van der Waals surface area contributed by atoms with Gasteiger partial charge in [-0.05, 0) is 61.2 Å². The van der Waals surface area contributed by atoms with Gasteiger partial charge in [0.2, 0.25) is 0 Å². The Balaban J connectivity index is 1.23. The highest BCUT2D eigenvalue weighted by Crippen LogP contribution is 2.51. The van der Waals surface area contributed by atoms with Crippen molar-refractivity contribution in [2.24, 2.45) is 35.5 Å². The summed E-state index contributed by atoms with van der Waals surface area (Å²) < 4.78 is 0. The third-order valence-corrected chi connectivity index (χ3v) is 8.16. The van der Waals surface area contributed by atoms with Crippen LogP contribution in [0.2, 0.25) is 0 Å². The molecule has 0 aromatic rings. The first-order chi connectivity index (χ1) is 11.6. The maximum Gasteiger partial charge on any atom is 0.180 e. The largest absolute Gasteiger partial charge is 0.290 e. The van der Waals surface area contributed by atoms with Gasteiger partial charge in [0.25, 0.3) is 0 Å². The smallest absolute Gasteiger partial charge is 0.180 e. The quantitative estimate of drug-likeness (QED) is 0.493. The van der Waals surface area contributed by atoms with Crippen molar-refractivity contribution in [3.8, 4) is 0 Å². The Hall–Kier alpha value is -0.270. The van der Waals surface area contributed by atoms with E-state index in [1.165, 1.54) is 64.2 Å². The van der Waals surface area contributed by atoms with Crippen molar-refractivity contribution in [3.05, 3.63) is 22.2 Å². The molecule has 0 amide bonds. The van der Waals surface area contributed by atoms with Crippen LogP contribution in [0.3, 0.4) is 0 Å². The summed E-state index contributed by atoms with van der Waals surface area (Å²) >= 11 is 12.8. The summed E-state index contributed by atoms with van der Waals surface area (Å²) in [5.41, 5.74) is 0. The Bertz CT molecular complexity index is 496. The molecule has 4 aliphatic rings. The highest BCUT2D eigenvalue weighted by Gasteiger charge is 2.40. The lowest BCUT2D eigenvalue weighted by molar-refractivity contribution is -0.110. The summed E-state index contributed by atoms with van der Waals surface area (Å²) in [5.74, 6) is 4.41. The van der Waals surface area contributed by atoms with Crippen LogP contribution in [0.25, 0.3) is 0 Å². The molecule has 0 radical (unpaired) electrons. The molecule has 0 saturated heterocycles. The molecule has 0 atom stereocenters. The minimum atomic E-state index is -0.0239. The van der Waals surface area contributed by atoms with Gasteiger partial charge in [0, 0.05) is 22.2 Å². The van der Waals surface area contributed by atoms with Gasteiger partial charge in [-0.3, -0.25) is 4.79 Å². The van der Waals surface area contributed by atoms with Gasteiger partial charge in [0.15, 0.2) is 5.78 Å². The zero-order valence-electron chi connectivity index (χ0n) is 14.4. The van der Waals surface area contributed by atoms with Gasteiger partial charge >= 0.3 is 0 Å². The van der Waals surface area contributed by atoms with Gasteiger partial charge in [-0.2, -0.15) is 0 Å². The molecule has 0 spiro atoms. The van der Waals surface area contributed by atoms with Gasteiger partial charge in [-0.15, -0.1) is 0 Å². The molecule has 4 rings (SSSR count). The molecule has 132 valence electrons. The minimum Gasteiger partial charge on any atom is -0.290 e. The lowest BCUT2D eigenvalue weighted by Gasteiger charge is -2.44. The van der Waals surface area contributed by atoms with Gasteiger partial charge in [0.1, 0.15) is 0 Å². The summed E-state index contributed by atoms with van der Waals surface area (Å²) in [6.07, 6.45) is 16.4. The Kier molecular flexibility index (Phi) is 5.12. The molecule has 0 N–H and O–H groups in total. The third kappa shape index (κ3) is 3.49. The lowest BCUT2D eigenvalue weighted by Crippen LogP contribution is -2.34. The average molecular weight is 367 g/mol. The van der Waals surface area contributed by atoms with Crippen molar-refractivity contribution in [3.63, 3.8) is 0 Å². The lowest BCUT2D eigenvalue weighted by atomic mass is 9.62. The Morgan fingerprint density at radius 3 is 1.33 bits per heavy atom. The molecule has 0 aromatic carbocycles. The fraction of sp³-hybridized carbons (Fsp3) is 0.762. The second kappa shape index (κ2) is 7.16. The predicted molar refractivity (Wildman–Crippen MR) is 100.0 cm³/mol. The molecule has 4 fully saturated rings. The van der Waals surface area contributed by atoms with Crippen LogP contribution in [0.5, 0.6) is 0 Å². The van der Waals surface area contributed by atoms with Gasteiger partial charge < -0.3 is 0 Å². The number of rotatable bonds is 6. The molecule has 3 heteroatoms. The van der Waals surface area contributed by atoms with Crippen molar-refractivity contribution in [2.45, 2.75) is 64.2 Å². The van der Waals surface area contributed by atoms with E-state index in [1.807, 2.05) is 0 Å². The Morgan fingerprint density at radius 1 is 0.667 bits per heavy atom. The molecule has 0 aromatic heterocycles. The molecular formula is C21H28Cl2O. The van der Waals surface area contributed by atoms with Crippen LogP contribution in [0.4, 0.5) is 0 Å². The van der Waals surface area contributed by atoms with Crippen molar-refractivity contribution in [2.75, 3.05) is 0 Å². The maximum absolute atomic E-state index is 12.2. The standard InChI is InChI=1S/C21H28Cl2O/c22-20(17-7-15(8-17)13-3-1-4-13)11-19(24)12-21(23)18-9-16(10-18)14-5-2-6-14/h11-18H,1-10H2. The molecule has 24 heavy (non-hydrogen) atoms. The molecule has 0 heterocycles. The predicted octanol–water partition coefficient (Wildman–Crippen LogP) is 6.45. The fourth-order valence-electron chi connectivity index (χ4n) is 4.92. The van der Waals surface area contributed by atoms with Crippen molar-refractivity contribution in [1.82, 2.24) is 0 Å². The monoisotopic (exact) mass is 366 g/mol. The van der Waals surface area contributed by atoms with Gasteiger partial charge in [-0.1, -0.05) is 61.7 Å². The second-order valence-corrected chi connectivity index (χ2v) is 9.57. The summed E-state index contributed by atoms with van der Waals surface area (Å²) in [5, 5.41) is 1.49. The topological polar surface area (TPSA) is 17.1 Å². The van der Waals surface area contributed by atoms with E-state index in [0.717, 1.165) is 33.7 Å². The number of hydrogen-bond donors (Lipinski definition) is 0. The van der Waals surface area contributed by atoms with Crippen LogP contribution in [0.15, 0.2) is 22.2 Å². The number of carbonyl (C=O) groups is 1. The highest BCUT2D eigenvalue weighted by molar-refractivity contribution is 6.33. The molecule has 1 nitrogen and oxygen atoms in total. The van der Waals surface area contributed by atoms with Crippen LogP contribution in [-0.4, -0.2) is 5.78 Å². The summed E-state index contributed by atoms with van der Waals surface area (Å²) in [7, 11) is 0. The first-order valence-corrected chi connectivity index (χ1v) is 10.6. The van der Waals surface area contributed by atoms with Crippen LogP contribution in [0, 0.1) is 35.5 Å². The van der Waals surface area contributed by atoms with Crippen LogP contribution >= 0.6 is 23.2 Å². The molecule has 0 bridgehead atoms. The van der Waals surface area contributed by atoms with E-state index in [1.54, 1.807) is 12.2 Å². The van der Waals surface area contributed by atoms with Crippen LogP contribution < -0.4 is 0 Å². The Morgan fingerprint density at radius 2 is 1.04 bits per heavy atom. The van der Waals surface area contributed by atoms with Crippen molar-refractivity contribution < 1.29 is 4.79 Å². The first kappa shape index (κ1) is 17.2. The van der Waals surface area contributed by atoms with E-state index < -0.39 is 0 Å². The van der Waals surface area contributed by atoms with Gasteiger partial charge in [-0.25, -0.2) is 0 Å². The van der Waals surface area contributed by atoms with Gasteiger partial charge in [0.05, 0.1) is 0 Å². The Labute approximate surface area is 155 Å². The average Bonchev–Trinajstić information content (AvgIpc) is 2.31. The van der Waals surface area contributed by atoms with E-state index >= 15 is 0 Å². The number of halogens is 2.